The van der Waals surface area contributed by atoms with Crippen LogP contribution in [-0.4, -0.2) is 25.5 Å². The molecule has 19 heavy (non-hydrogen) atoms. The van der Waals surface area contributed by atoms with Crippen molar-refractivity contribution in [3.8, 4) is 0 Å². The van der Waals surface area contributed by atoms with Crippen LogP contribution in [0.3, 0.4) is 0 Å². The Morgan fingerprint density at radius 1 is 1.47 bits per heavy atom. The lowest BCUT2D eigenvalue weighted by molar-refractivity contribution is 0.0950. The molecule has 1 aromatic rings. The third-order valence-corrected chi connectivity index (χ3v) is 3.95. The molecular formula is C16H23NO2. The highest BCUT2D eigenvalue weighted by molar-refractivity contribution is 6.00. The first-order valence-electron chi connectivity index (χ1n) is 7.11. The van der Waals surface area contributed by atoms with Gasteiger partial charge in [-0.15, -0.1) is 0 Å². The fraction of sp³-hybridized carbons (Fsp3) is 0.562. The number of carbonyl (C=O) groups is 1. The number of hydrogen-bond donors (Lipinski definition) is 1. The van der Waals surface area contributed by atoms with Gasteiger partial charge in [-0.25, -0.2) is 0 Å². The average Bonchev–Trinajstić information content (AvgIpc) is 2.36. The number of carbonyl (C=O) groups excluding carboxylic acids is 1. The third kappa shape index (κ3) is 3.64. The van der Waals surface area contributed by atoms with E-state index >= 15 is 0 Å². The van der Waals surface area contributed by atoms with E-state index in [4.69, 9.17) is 10.5 Å². The average molecular weight is 261 g/mol. The summed E-state index contributed by atoms with van der Waals surface area (Å²) in [7, 11) is 1.66. The van der Waals surface area contributed by atoms with E-state index in [2.05, 4.69) is 6.07 Å². The largest absolute Gasteiger partial charge is 0.385 e. The molecule has 1 aromatic carbocycles. The molecule has 2 N–H and O–H groups in total. The number of benzene rings is 1. The van der Waals surface area contributed by atoms with Crippen molar-refractivity contribution in [2.45, 2.75) is 44.1 Å². The van der Waals surface area contributed by atoms with Gasteiger partial charge in [0.05, 0.1) is 6.04 Å². The van der Waals surface area contributed by atoms with Crippen molar-refractivity contribution < 1.29 is 9.53 Å². The molecule has 0 bridgehead atoms. The molecule has 0 spiro atoms. The van der Waals surface area contributed by atoms with Crippen molar-refractivity contribution in [3.05, 3.63) is 35.4 Å². The lowest BCUT2D eigenvalue weighted by Gasteiger charge is -2.26. The molecule has 104 valence electrons. The maximum Gasteiger partial charge on any atom is 0.179 e. The first-order valence-corrected chi connectivity index (χ1v) is 7.11. The molecule has 0 aliphatic heterocycles. The second-order valence-corrected chi connectivity index (χ2v) is 5.36. The van der Waals surface area contributed by atoms with Gasteiger partial charge in [0, 0.05) is 19.3 Å². The molecule has 0 saturated heterocycles. The second-order valence-electron chi connectivity index (χ2n) is 5.36. The maximum absolute atomic E-state index is 12.3. The van der Waals surface area contributed by atoms with Crippen LogP contribution in [0.5, 0.6) is 0 Å². The van der Waals surface area contributed by atoms with Crippen LogP contribution < -0.4 is 5.73 Å². The number of Topliss-reactive ketones (excluding diaryl/α,β-unsaturated/α-hetero) is 1. The molecule has 1 aliphatic carbocycles. The predicted molar refractivity (Wildman–Crippen MR) is 76.4 cm³/mol. The molecule has 1 atom stereocenters. The minimum Gasteiger partial charge on any atom is -0.385 e. The summed E-state index contributed by atoms with van der Waals surface area (Å²) in [4.78, 5) is 12.3. The van der Waals surface area contributed by atoms with Gasteiger partial charge >= 0.3 is 0 Å². The first-order chi connectivity index (χ1) is 9.22. The molecule has 0 amide bonds. The van der Waals surface area contributed by atoms with Crippen LogP contribution in [0.15, 0.2) is 24.3 Å². The Hall–Kier alpha value is -1.19. The van der Waals surface area contributed by atoms with Crippen molar-refractivity contribution in [3.63, 3.8) is 0 Å². The number of nitrogens with two attached hydrogens (primary N) is 1. The Kier molecular flexibility index (Phi) is 5.11. The monoisotopic (exact) mass is 261 g/mol. The summed E-state index contributed by atoms with van der Waals surface area (Å²) in [5, 5.41) is 0. The number of methoxy groups -OCH3 is 1. The fourth-order valence-electron chi connectivity index (χ4n) is 2.48. The minimum atomic E-state index is -0.410. The number of ketones is 1. The molecule has 3 heteroatoms. The van der Waals surface area contributed by atoms with Gasteiger partial charge in [0.1, 0.15) is 0 Å². The molecule has 0 aromatic heterocycles. The highest BCUT2D eigenvalue weighted by atomic mass is 16.5. The second kappa shape index (κ2) is 6.83. The van der Waals surface area contributed by atoms with E-state index in [0.29, 0.717) is 18.9 Å². The standard InChI is InChI=1S/C16H23NO2/c1-19-10-4-9-15(17)16(18)14-8-3-7-13(11-14)12-5-2-6-12/h3,7-8,11-12,15H,2,4-6,9-10,17H2,1H3. The summed E-state index contributed by atoms with van der Waals surface area (Å²) in [6.07, 6.45) is 5.31. The van der Waals surface area contributed by atoms with Crippen LogP contribution in [0.4, 0.5) is 0 Å². The zero-order valence-electron chi connectivity index (χ0n) is 11.6. The summed E-state index contributed by atoms with van der Waals surface area (Å²) in [6, 6.07) is 7.59. The first kappa shape index (κ1) is 14.2. The zero-order chi connectivity index (χ0) is 13.7. The van der Waals surface area contributed by atoms with Gasteiger partial charge in [-0.05, 0) is 43.2 Å². The molecule has 1 aliphatic rings. The highest BCUT2D eigenvalue weighted by Gasteiger charge is 2.21. The van der Waals surface area contributed by atoms with Crippen molar-refractivity contribution in [2.75, 3.05) is 13.7 Å². The minimum absolute atomic E-state index is 0.0530. The molecule has 1 fully saturated rings. The van der Waals surface area contributed by atoms with E-state index in [1.165, 1.54) is 24.8 Å². The quantitative estimate of drug-likeness (QED) is 0.606. The SMILES string of the molecule is COCCCC(N)C(=O)c1cccc(C2CCC2)c1. The highest BCUT2D eigenvalue weighted by Crippen LogP contribution is 2.36. The molecule has 2 rings (SSSR count). The summed E-state index contributed by atoms with van der Waals surface area (Å²) >= 11 is 0. The van der Waals surface area contributed by atoms with Crippen molar-refractivity contribution >= 4 is 5.78 Å². The van der Waals surface area contributed by atoms with E-state index in [0.717, 1.165) is 12.0 Å². The van der Waals surface area contributed by atoms with Gasteiger partial charge in [-0.1, -0.05) is 24.6 Å². The predicted octanol–water partition coefficient (Wildman–Crippen LogP) is 2.89. The Labute approximate surface area is 115 Å². The Morgan fingerprint density at radius 3 is 2.89 bits per heavy atom. The molecular weight excluding hydrogens is 238 g/mol. The van der Waals surface area contributed by atoms with Crippen LogP contribution in [0.1, 0.15) is 53.9 Å². The van der Waals surface area contributed by atoms with Gasteiger partial charge in [0.2, 0.25) is 0 Å². The lowest BCUT2D eigenvalue weighted by Crippen LogP contribution is -2.30. The third-order valence-electron chi connectivity index (χ3n) is 3.95. The molecule has 3 nitrogen and oxygen atoms in total. The van der Waals surface area contributed by atoms with Gasteiger partial charge in [-0.3, -0.25) is 4.79 Å². The van der Waals surface area contributed by atoms with Crippen molar-refractivity contribution in [2.24, 2.45) is 5.73 Å². The van der Waals surface area contributed by atoms with E-state index in [1.54, 1.807) is 7.11 Å². The molecule has 0 radical (unpaired) electrons. The smallest absolute Gasteiger partial charge is 0.179 e. The van der Waals surface area contributed by atoms with Gasteiger partial charge in [0.15, 0.2) is 5.78 Å². The summed E-state index contributed by atoms with van der Waals surface area (Å²) < 4.78 is 4.98. The van der Waals surface area contributed by atoms with Crippen molar-refractivity contribution in [1.29, 1.82) is 0 Å². The normalized spacial score (nSPS) is 16.9. The summed E-state index contributed by atoms with van der Waals surface area (Å²) in [5.41, 5.74) is 8.01. The summed E-state index contributed by atoms with van der Waals surface area (Å²) in [5.74, 6) is 0.703. The van der Waals surface area contributed by atoms with E-state index in [1.807, 2.05) is 18.2 Å². The molecule has 1 unspecified atom stereocenters. The van der Waals surface area contributed by atoms with E-state index in [-0.39, 0.29) is 5.78 Å². The van der Waals surface area contributed by atoms with Crippen LogP contribution in [0.25, 0.3) is 0 Å². The van der Waals surface area contributed by atoms with Gasteiger partial charge in [0.25, 0.3) is 0 Å². The Balaban J connectivity index is 1.97. The van der Waals surface area contributed by atoms with E-state index in [9.17, 15) is 4.79 Å². The van der Waals surface area contributed by atoms with Crippen LogP contribution in [-0.2, 0) is 4.74 Å². The maximum atomic E-state index is 12.3. The van der Waals surface area contributed by atoms with Crippen LogP contribution >= 0.6 is 0 Å². The molecule has 0 heterocycles. The Bertz CT molecular complexity index is 427. The number of hydrogen-bond acceptors (Lipinski definition) is 3. The van der Waals surface area contributed by atoms with Crippen LogP contribution in [0, 0.1) is 0 Å². The van der Waals surface area contributed by atoms with Crippen molar-refractivity contribution in [1.82, 2.24) is 0 Å². The fourth-order valence-corrected chi connectivity index (χ4v) is 2.48. The van der Waals surface area contributed by atoms with E-state index < -0.39 is 6.04 Å². The van der Waals surface area contributed by atoms with Crippen LogP contribution in [0.2, 0.25) is 0 Å². The van der Waals surface area contributed by atoms with Gasteiger partial charge in [-0.2, -0.15) is 0 Å². The number of rotatable bonds is 7. The number of ether oxygens (including phenoxy) is 1. The summed E-state index contributed by atoms with van der Waals surface area (Å²) in [6.45, 7) is 0.656. The molecule has 1 saturated carbocycles. The topological polar surface area (TPSA) is 52.3 Å². The lowest BCUT2D eigenvalue weighted by atomic mass is 9.79. The Morgan fingerprint density at radius 2 is 2.26 bits per heavy atom. The zero-order valence-corrected chi connectivity index (χ0v) is 11.6. The van der Waals surface area contributed by atoms with Gasteiger partial charge < -0.3 is 10.5 Å².